The molecule has 25 heavy (non-hydrogen) atoms. The van der Waals surface area contributed by atoms with Gasteiger partial charge in [0.15, 0.2) is 11.5 Å². The maximum atomic E-state index is 12.3. The summed E-state index contributed by atoms with van der Waals surface area (Å²) < 4.78 is 12.0. The molecule has 2 N–H and O–H groups in total. The Labute approximate surface area is 162 Å². The molecule has 2 aromatic carbocycles. The van der Waals surface area contributed by atoms with Crippen LogP contribution in [0.5, 0.6) is 17.2 Å². The number of hydrogen-bond donors (Lipinski definition) is 2. The smallest absolute Gasteiger partial charge is 0.275 e. The molecule has 132 valence electrons. The van der Waals surface area contributed by atoms with Gasteiger partial charge in [-0.2, -0.15) is 5.10 Å². The van der Waals surface area contributed by atoms with Crippen LogP contribution in [-0.2, 0) is 0 Å². The number of ether oxygens (including phenoxy) is 2. The van der Waals surface area contributed by atoms with Gasteiger partial charge in [-0.25, -0.2) is 5.43 Å². The second kappa shape index (κ2) is 8.87. The summed E-state index contributed by atoms with van der Waals surface area (Å²) in [6.45, 7) is 2.28. The van der Waals surface area contributed by atoms with E-state index in [1.54, 1.807) is 30.3 Å². The Morgan fingerprint density at radius 1 is 1.24 bits per heavy atom. The summed E-state index contributed by atoms with van der Waals surface area (Å²) in [5.41, 5.74) is 3.17. The van der Waals surface area contributed by atoms with Crippen molar-refractivity contribution in [3.8, 4) is 17.2 Å². The van der Waals surface area contributed by atoms with Crippen LogP contribution < -0.4 is 14.9 Å². The van der Waals surface area contributed by atoms with Gasteiger partial charge in [-0.1, -0.05) is 31.9 Å². The fourth-order valence-electron chi connectivity index (χ4n) is 2.03. The highest BCUT2D eigenvalue weighted by atomic mass is 79.9. The maximum Gasteiger partial charge on any atom is 0.275 e. The number of halogens is 2. The van der Waals surface area contributed by atoms with Gasteiger partial charge in [-0.05, 0) is 37.3 Å². The van der Waals surface area contributed by atoms with E-state index in [1.165, 1.54) is 13.3 Å². The van der Waals surface area contributed by atoms with Crippen LogP contribution in [-0.4, -0.2) is 30.9 Å². The summed E-state index contributed by atoms with van der Waals surface area (Å²) in [6, 6.07) is 8.42. The molecule has 0 spiro atoms. The molecule has 0 fully saturated rings. The van der Waals surface area contributed by atoms with Gasteiger partial charge in [0.05, 0.1) is 25.5 Å². The van der Waals surface area contributed by atoms with Gasteiger partial charge in [0.2, 0.25) is 0 Å². The molecule has 0 aromatic heterocycles. The molecule has 8 heteroatoms. The van der Waals surface area contributed by atoms with E-state index in [-0.39, 0.29) is 5.75 Å². The SMILES string of the molecule is CCOc1ccc(Br)cc1C(=O)NN=Cc1cc(Br)cc(OC)c1O. The Bertz CT molecular complexity index is 809. The van der Waals surface area contributed by atoms with E-state index in [4.69, 9.17) is 9.47 Å². The van der Waals surface area contributed by atoms with Crippen molar-refractivity contribution in [3.63, 3.8) is 0 Å². The number of phenols is 1. The number of rotatable bonds is 6. The second-order valence-corrected chi connectivity index (χ2v) is 6.65. The van der Waals surface area contributed by atoms with Crippen LogP contribution in [0.1, 0.15) is 22.8 Å². The van der Waals surface area contributed by atoms with Crippen LogP contribution >= 0.6 is 31.9 Å². The van der Waals surface area contributed by atoms with Gasteiger partial charge in [0.1, 0.15) is 5.75 Å². The molecule has 0 saturated carbocycles. The molecular formula is C17H16Br2N2O4. The standard InChI is InChI=1S/C17H16Br2N2O4/c1-3-25-14-5-4-11(18)7-13(14)17(23)21-20-9-10-6-12(19)8-15(24-2)16(10)22/h4-9,22H,3H2,1-2H3,(H,21,23). The number of amides is 1. The Hall–Kier alpha value is -2.06. The minimum Gasteiger partial charge on any atom is -0.504 e. The zero-order valence-electron chi connectivity index (χ0n) is 13.5. The first-order chi connectivity index (χ1) is 12.0. The lowest BCUT2D eigenvalue weighted by molar-refractivity contribution is 0.0951. The highest BCUT2D eigenvalue weighted by Gasteiger charge is 2.13. The van der Waals surface area contributed by atoms with Gasteiger partial charge in [0.25, 0.3) is 5.91 Å². The van der Waals surface area contributed by atoms with Crippen molar-refractivity contribution in [1.29, 1.82) is 0 Å². The average Bonchev–Trinajstić information content (AvgIpc) is 2.59. The molecule has 2 aromatic rings. The molecule has 0 bridgehead atoms. The van der Waals surface area contributed by atoms with E-state index >= 15 is 0 Å². The summed E-state index contributed by atoms with van der Waals surface area (Å²) in [7, 11) is 1.45. The van der Waals surface area contributed by atoms with Gasteiger partial charge in [0, 0.05) is 14.5 Å². The molecule has 0 atom stereocenters. The number of nitrogens with one attached hydrogen (secondary N) is 1. The number of aromatic hydroxyl groups is 1. The molecule has 0 heterocycles. The van der Waals surface area contributed by atoms with Crippen molar-refractivity contribution in [3.05, 3.63) is 50.4 Å². The number of hydrazone groups is 1. The monoisotopic (exact) mass is 470 g/mol. The topological polar surface area (TPSA) is 80.2 Å². The molecule has 0 aliphatic rings. The zero-order valence-corrected chi connectivity index (χ0v) is 16.7. The van der Waals surface area contributed by atoms with Crippen LogP contribution in [0.3, 0.4) is 0 Å². The number of carbonyl (C=O) groups is 1. The van der Waals surface area contributed by atoms with E-state index < -0.39 is 5.91 Å². The van der Waals surface area contributed by atoms with Crippen molar-refractivity contribution >= 4 is 44.0 Å². The highest BCUT2D eigenvalue weighted by molar-refractivity contribution is 9.10. The molecule has 2 rings (SSSR count). The van der Waals surface area contributed by atoms with E-state index in [2.05, 4.69) is 42.4 Å². The van der Waals surface area contributed by atoms with Crippen molar-refractivity contribution in [2.75, 3.05) is 13.7 Å². The lowest BCUT2D eigenvalue weighted by Gasteiger charge is -2.09. The molecular weight excluding hydrogens is 456 g/mol. The second-order valence-electron chi connectivity index (χ2n) is 4.82. The molecule has 0 unspecified atom stereocenters. The predicted octanol–water partition coefficient (Wildman–Crippen LogP) is 4.09. The summed E-state index contributed by atoms with van der Waals surface area (Å²) in [5, 5.41) is 14.0. The summed E-state index contributed by atoms with van der Waals surface area (Å²) in [6.07, 6.45) is 1.33. The quantitative estimate of drug-likeness (QED) is 0.491. The molecule has 1 amide bonds. The molecule has 0 aliphatic heterocycles. The first-order valence-electron chi connectivity index (χ1n) is 7.28. The van der Waals surface area contributed by atoms with Crippen molar-refractivity contribution in [2.45, 2.75) is 6.92 Å². The highest BCUT2D eigenvalue weighted by Crippen LogP contribution is 2.32. The average molecular weight is 472 g/mol. The van der Waals surface area contributed by atoms with E-state index in [9.17, 15) is 9.90 Å². The Morgan fingerprint density at radius 2 is 2.00 bits per heavy atom. The van der Waals surface area contributed by atoms with Crippen molar-refractivity contribution in [2.24, 2.45) is 5.10 Å². The third kappa shape index (κ3) is 4.96. The first-order valence-corrected chi connectivity index (χ1v) is 8.87. The van der Waals surface area contributed by atoms with E-state index in [1.807, 2.05) is 6.92 Å². The first kappa shape index (κ1) is 19.3. The Balaban J connectivity index is 2.19. The lowest BCUT2D eigenvalue weighted by Crippen LogP contribution is -2.18. The normalized spacial score (nSPS) is 10.7. The van der Waals surface area contributed by atoms with Gasteiger partial charge < -0.3 is 14.6 Å². The van der Waals surface area contributed by atoms with Crippen LogP contribution in [0.4, 0.5) is 0 Å². The minimum absolute atomic E-state index is 0.0684. The number of nitrogens with zero attached hydrogens (tertiary/aromatic N) is 1. The molecule has 6 nitrogen and oxygen atoms in total. The number of methoxy groups -OCH3 is 1. The van der Waals surface area contributed by atoms with Gasteiger partial charge in [-0.3, -0.25) is 4.79 Å². The third-order valence-electron chi connectivity index (χ3n) is 3.14. The minimum atomic E-state index is -0.428. The Morgan fingerprint density at radius 3 is 2.68 bits per heavy atom. The van der Waals surface area contributed by atoms with Crippen molar-refractivity contribution < 1.29 is 19.4 Å². The molecule has 0 radical (unpaired) electrons. The van der Waals surface area contributed by atoms with Crippen LogP contribution in [0, 0.1) is 0 Å². The third-order valence-corrected chi connectivity index (χ3v) is 4.10. The largest absolute Gasteiger partial charge is 0.504 e. The Kier molecular flexibility index (Phi) is 6.83. The number of benzene rings is 2. The predicted molar refractivity (Wildman–Crippen MR) is 103 cm³/mol. The van der Waals surface area contributed by atoms with Gasteiger partial charge in [-0.15, -0.1) is 0 Å². The zero-order chi connectivity index (χ0) is 18.4. The van der Waals surface area contributed by atoms with Crippen LogP contribution in [0.25, 0.3) is 0 Å². The number of hydrogen-bond acceptors (Lipinski definition) is 5. The lowest BCUT2D eigenvalue weighted by atomic mass is 10.2. The number of phenolic OH excluding ortho intramolecular Hbond substituents is 1. The van der Waals surface area contributed by atoms with E-state index in [0.717, 1.165) is 4.47 Å². The fraction of sp³-hybridized carbons (Fsp3) is 0.176. The fourth-order valence-corrected chi connectivity index (χ4v) is 2.85. The van der Waals surface area contributed by atoms with E-state index in [0.29, 0.717) is 33.7 Å². The maximum absolute atomic E-state index is 12.3. The van der Waals surface area contributed by atoms with Crippen LogP contribution in [0.2, 0.25) is 0 Å². The molecule has 0 saturated heterocycles. The van der Waals surface area contributed by atoms with Crippen molar-refractivity contribution in [1.82, 2.24) is 5.43 Å². The summed E-state index contributed by atoms with van der Waals surface area (Å²) >= 11 is 6.65. The summed E-state index contributed by atoms with van der Waals surface area (Å²) in [4.78, 5) is 12.3. The van der Waals surface area contributed by atoms with Crippen LogP contribution in [0.15, 0.2) is 44.4 Å². The summed E-state index contributed by atoms with van der Waals surface area (Å²) in [5.74, 6) is 0.266. The number of carbonyl (C=O) groups excluding carboxylic acids is 1. The van der Waals surface area contributed by atoms with Gasteiger partial charge >= 0.3 is 0 Å². The molecule has 0 aliphatic carbocycles.